The third-order valence-electron chi connectivity index (χ3n) is 3.74. The summed E-state index contributed by atoms with van der Waals surface area (Å²) < 4.78 is 32.3. The number of nitrogens with zero attached hydrogens (tertiary/aromatic N) is 1. The molecule has 0 radical (unpaired) electrons. The number of ether oxygens (including phenoxy) is 1. The number of morpholine rings is 1. The van der Waals surface area contributed by atoms with Gasteiger partial charge in [-0.3, -0.25) is 4.90 Å². The van der Waals surface area contributed by atoms with Crippen molar-refractivity contribution in [2.45, 2.75) is 33.0 Å². The highest BCUT2D eigenvalue weighted by Crippen LogP contribution is 2.10. The van der Waals surface area contributed by atoms with Crippen LogP contribution in [0.25, 0.3) is 6.08 Å². The zero-order valence-electron chi connectivity index (χ0n) is 14.0. The lowest BCUT2D eigenvalue weighted by Crippen LogP contribution is -2.47. The third kappa shape index (κ3) is 6.43. The van der Waals surface area contributed by atoms with Gasteiger partial charge in [0.2, 0.25) is 10.0 Å². The van der Waals surface area contributed by atoms with Gasteiger partial charge in [0.25, 0.3) is 0 Å². The zero-order chi connectivity index (χ0) is 16.9. The van der Waals surface area contributed by atoms with E-state index in [1.807, 2.05) is 45.0 Å². The zero-order valence-corrected chi connectivity index (χ0v) is 14.8. The summed E-state index contributed by atoms with van der Waals surface area (Å²) in [5.41, 5.74) is 2.02. The van der Waals surface area contributed by atoms with E-state index >= 15 is 0 Å². The topological polar surface area (TPSA) is 58.6 Å². The van der Waals surface area contributed by atoms with Crippen LogP contribution in [0.2, 0.25) is 0 Å². The third-order valence-corrected chi connectivity index (χ3v) is 4.84. The normalized spacial score (nSPS) is 23.4. The molecule has 2 rings (SSSR count). The maximum Gasteiger partial charge on any atom is 0.233 e. The first-order valence-corrected chi connectivity index (χ1v) is 9.51. The van der Waals surface area contributed by atoms with Crippen LogP contribution in [0.3, 0.4) is 0 Å². The van der Waals surface area contributed by atoms with Gasteiger partial charge in [-0.25, -0.2) is 13.1 Å². The molecule has 1 aliphatic heterocycles. The molecule has 6 heteroatoms. The summed E-state index contributed by atoms with van der Waals surface area (Å²) in [7, 11) is -3.41. The molecular formula is C17H26N2O3S. The lowest BCUT2D eigenvalue weighted by molar-refractivity contribution is -0.0671. The summed E-state index contributed by atoms with van der Waals surface area (Å²) in [5, 5.41) is 1.22. The second-order valence-electron chi connectivity index (χ2n) is 6.17. The van der Waals surface area contributed by atoms with Crippen molar-refractivity contribution in [2.24, 2.45) is 0 Å². The molecule has 1 N–H and O–H groups in total. The number of hydrogen-bond donors (Lipinski definition) is 1. The quantitative estimate of drug-likeness (QED) is 0.862. The molecule has 1 heterocycles. The molecule has 0 bridgehead atoms. The van der Waals surface area contributed by atoms with Crippen molar-refractivity contribution in [1.29, 1.82) is 0 Å². The van der Waals surface area contributed by atoms with Crippen LogP contribution in [0, 0.1) is 6.92 Å². The first-order valence-electron chi connectivity index (χ1n) is 7.96. The van der Waals surface area contributed by atoms with Crippen LogP contribution in [0.15, 0.2) is 29.7 Å². The predicted molar refractivity (Wildman–Crippen MR) is 93.6 cm³/mol. The van der Waals surface area contributed by atoms with Crippen LogP contribution >= 0.6 is 0 Å². The second kappa shape index (κ2) is 8.06. The van der Waals surface area contributed by atoms with Crippen molar-refractivity contribution in [3.05, 3.63) is 40.8 Å². The lowest BCUT2D eigenvalue weighted by Gasteiger charge is -2.35. The molecule has 0 saturated carbocycles. The molecule has 1 saturated heterocycles. The standard InChI is InChI=1S/C17H26N2O3S/c1-14-4-6-17(7-5-14)8-11-23(20,21)18-9-10-19-12-15(2)22-16(3)13-19/h4-8,11,15-16,18H,9-10,12-13H2,1-3H3/b11-8+/t15-,16+. The average molecular weight is 338 g/mol. The molecule has 128 valence electrons. The Bertz CT molecular complexity index is 616. The van der Waals surface area contributed by atoms with E-state index in [2.05, 4.69) is 9.62 Å². The van der Waals surface area contributed by atoms with E-state index < -0.39 is 10.0 Å². The number of rotatable bonds is 6. The van der Waals surface area contributed by atoms with Gasteiger partial charge in [0.05, 0.1) is 12.2 Å². The van der Waals surface area contributed by atoms with Crippen molar-refractivity contribution in [3.8, 4) is 0 Å². The van der Waals surface area contributed by atoms with E-state index in [1.54, 1.807) is 6.08 Å². The van der Waals surface area contributed by atoms with Gasteiger partial charge in [-0.05, 0) is 32.4 Å². The van der Waals surface area contributed by atoms with E-state index in [0.29, 0.717) is 13.1 Å². The van der Waals surface area contributed by atoms with Crippen molar-refractivity contribution < 1.29 is 13.2 Å². The van der Waals surface area contributed by atoms with Gasteiger partial charge in [0.1, 0.15) is 0 Å². The molecule has 5 nitrogen and oxygen atoms in total. The number of benzene rings is 1. The minimum Gasteiger partial charge on any atom is -0.373 e. The second-order valence-corrected chi connectivity index (χ2v) is 7.82. The summed E-state index contributed by atoms with van der Waals surface area (Å²) in [4.78, 5) is 2.23. The van der Waals surface area contributed by atoms with Crippen LogP contribution in [0.5, 0.6) is 0 Å². The van der Waals surface area contributed by atoms with Gasteiger partial charge < -0.3 is 4.74 Å². The first-order chi connectivity index (χ1) is 10.8. The van der Waals surface area contributed by atoms with Crippen LogP contribution in [0.1, 0.15) is 25.0 Å². The van der Waals surface area contributed by atoms with Crippen LogP contribution < -0.4 is 4.72 Å². The smallest absolute Gasteiger partial charge is 0.233 e. The Kier molecular flexibility index (Phi) is 6.35. The molecule has 0 aliphatic carbocycles. The fourth-order valence-corrected chi connectivity index (χ4v) is 3.52. The Balaban J connectivity index is 1.80. The molecule has 1 aromatic carbocycles. The molecule has 0 aromatic heterocycles. The molecular weight excluding hydrogens is 312 g/mol. The molecule has 23 heavy (non-hydrogen) atoms. The molecule has 1 fully saturated rings. The highest BCUT2D eigenvalue weighted by atomic mass is 32.2. The Morgan fingerprint density at radius 3 is 2.43 bits per heavy atom. The Hall–Kier alpha value is -1.21. The van der Waals surface area contributed by atoms with Gasteiger partial charge >= 0.3 is 0 Å². The maximum atomic E-state index is 12.0. The van der Waals surface area contributed by atoms with Gasteiger partial charge in [0, 0.05) is 31.6 Å². The van der Waals surface area contributed by atoms with E-state index in [1.165, 1.54) is 5.41 Å². The van der Waals surface area contributed by atoms with E-state index in [9.17, 15) is 8.42 Å². The minimum atomic E-state index is -3.41. The number of aryl methyl sites for hydroxylation is 1. The van der Waals surface area contributed by atoms with Crippen molar-refractivity contribution in [3.63, 3.8) is 0 Å². The highest BCUT2D eigenvalue weighted by molar-refractivity contribution is 7.92. The fraction of sp³-hybridized carbons (Fsp3) is 0.529. The molecule has 1 aromatic rings. The van der Waals surface area contributed by atoms with E-state index in [0.717, 1.165) is 24.2 Å². The summed E-state index contributed by atoms with van der Waals surface area (Å²) in [6.07, 6.45) is 1.99. The summed E-state index contributed by atoms with van der Waals surface area (Å²) in [6, 6.07) is 7.72. The maximum absolute atomic E-state index is 12.0. The number of nitrogens with one attached hydrogen (secondary N) is 1. The van der Waals surface area contributed by atoms with Crippen molar-refractivity contribution in [1.82, 2.24) is 9.62 Å². The molecule has 2 atom stereocenters. The lowest BCUT2D eigenvalue weighted by atomic mass is 10.2. The van der Waals surface area contributed by atoms with Crippen molar-refractivity contribution >= 4 is 16.1 Å². The molecule has 1 aliphatic rings. The number of sulfonamides is 1. The van der Waals surface area contributed by atoms with Gasteiger partial charge in [0.15, 0.2) is 0 Å². The first kappa shape index (κ1) is 18.1. The van der Waals surface area contributed by atoms with Gasteiger partial charge in [-0.1, -0.05) is 29.8 Å². The molecule has 0 amide bonds. The molecule has 0 unspecified atom stereocenters. The fourth-order valence-electron chi connectivity index (χ4n) is 2.71. The summed E-state index contributed by atoms with van der Waals surface area (Å²) in [6.45, 7) is 8.85. The Labute approximate surface area is 139 Å². The van der Waals surface area contributed by atoms with Gasteiger partial charge in [-0.15, -0.1) is 0 Å². The minimum absolute atomic E-state index is 0.191. The molecule has 0 spiro atoms. The summed E-state index contributed by atoms with van der Waals surface area (Å²) in [5.74, 6) is 0. The predicted octanol–water partition coefficient (Wildman–Crippen LogP) is 1.99. The Morgan fingerprint density at radius 2 is 1.83 bits per heavy atom. The van der Waals surface area contributed by atoms with Crippen LogP contribution in [-0.2, 0) is 14.8 Å². The highest BCUT2D eigenvalue weighted by Gasteiger charge is 2.21. The van der Waals surface area contributed by atoms with E-state index in [-0.39, 0.29) is 12.2 Å². The largest absolute Gasteiger partial charge is 0.373 e. The van der Waals surface area contributed by atoms with Crippen molar-refractivity contribution in [2.75, 3.05) is 26.2 Å². The van der Waals surface area contributed by atoms with Gasteiger partial charge in [-0.2, -0.15) is 0 Å². The SMILES string of the molecule is Cc1ccc(/C=C/S(=O)(=O)NCCN2C[C@@H](C)O[C@@H](C)C2)cc1. The van der Waals surface area contributed by atoms with Crippen LogP contribution in [-0.4, -0.2) is 51.7 Å². The van der Waals surface area contributed by atoms with E-state index in [4.69, 9.17) is 4.74 Å². The van der Waals surface area contributed by atoms with Crippen LogP contribution in [0.4, 0.5) is 0 Å². The summed E-state index contributed by atoms with van der Waals surface area (Å²) >= 11 is 0. The number of hydrogen-bond acceptors (Lipinski definition) is 4. The monoisotopic (exact) mass is 338 g/mol. The Morgan fingerprint density at radius 1 is 1.22 bits per heavy atom. The average Bonchev–Trinajstić information content (AvgIpc) is 2.45.